The van der Waals surface area contributed by atoms with Crippen LogP contribution in [-0.4, -0.2) is 0 Å². The van der Waals surface area contributed by atoms with Crippen molar-refractivity contribution in [3.8, 4) is 11.5 Å². The molecular formula is C14H12Cl2O. The first-order chi connectivity index (χ1) is 8.06. The SMILES string of the molecule is Cc1cc(Oc2ccc(Cl)cc2)c(C)cc1Cl. The Morgan fingerprint density at radius 3 is 2.18 bits per heavy atom. The standard InChI is InChI=1S/C14H12Cl2O/c1-9-8-14(10(2)7-13(9)16)17-12-5-3-11(15)4-6-12/h3-8H,1-2H3. The van der Waals surface area contributed by atoms with Crippen LogP contribution in [0.3, 0.4) is 0 Å². The second kappa shape index (κ2) is 4.99. The van der Waals surface area contributed by atoms with Crippen LogP contribution in [-0.2, 0) is 0 Å². The topological polar surface area (TPSA) is 9.23 Å². The molecule has 0 aliphatic heterocycles. The Labute approximate surface area is 111 Å². The fourth-order valence-corrected chi connectivity index (χ4v) is 1.84. The zero-order chi connectivity index (χ0) is 12.4. The van der Waals surface area contributed by atoms with E-state index >= 15 is 0 Å². The maximum Gasteiger partial charge on any atom is 0.130 e. The lowest BCUT2D eigenvalue weighted by Crippen LogP contribution is -1.89. The number of aryl methyl sites for hydroxylation is 2. The van der Waals surface area contributed by atoms with Gasteiger partial charge in [0.15, 0.2) is 0 Å². The van der Waals surface area contributed by atoms with E-state index in [9.17, 15) is 0 Å². The van der Waals surface area contributed by atoms with Crippen molar-refractivity contribution < 1.29 is 4.74 Å². The molecule has 0 heterocycles. The molecule has 0 atom stereocenters. The third kappa shape index (κ3) is 2.93. The molecule has 0 aliphatic carbocycles. The lowest BCUT2D eigenvalue weighted by Gasteiger charge is -2.10. The maximum atomic E-state index is 6.04. The molecule has 0 spiro atoms. The van der Waals surface area contributed by atoms with E-state index in [1.54, 1.807) is 12.1 Å². The van der Waals surface area contributed by atoms with Crippen LogP contribution >= 0.6 is 23.2 Å². The average Bonchev–Trinajstić information content (AvgIpc) is 2.29. The molecule has 17 heavy (non-hydrogen) atoms. The normalized spacial score (nSPS) is 10.4. The van der Waals surface area contributed by atoms with Crippen LogP contribution in [0.1, 0.15) is 11.1 Å². The van der Waals surface area contributed by atoms with E-state index in [4.69, 9.17) is 27.9 Å². The van der Waals surface area contributed by atoms with E-state index in [1.165, 1.54) is 0 Å². The number of hydrogen-bond acceptors (Lipinski definition) is 1. The van der Waals surface area contributed by atoms with Crippen molar-refractivity contribution in [3.05, 3.63) is 57.6 Å². The monoisotopic (exact) mass is 266 g/mol. The Morgan fingerprint density at radius 1 is 0.882 bits per heavy atom. The molecule has 3 heteroatoms. The van der Waals surface area contributed by atoms with Gasteiger partial charge in [0.2, 0.25) is 0 Å². The Bertz CT molecular complexity index is 533. The average molecular weight is 267 g/mol. The van der Waals surface area contributed by atoms with Crippen molar-refractivity contribution in [2.75, 3.05) is 0 Å². The molecule has 0 N–H and O–H groups in total. The molecule has 0 aromatic heterocycles. The molecule has 2 rings (SSSR count). The van der Waals surface area contributed by atoms with Gasteiger partial charge in [-0.15, -0.1) is 0 Å². The summed E-state index contributed by atoms with van der Waals surface area (Å²) in [7, 11) is 0. The first-order valence-corrected chi connectivity index (χ1v) is 6.02. The molecular weight excluding hydrogens is 255 g/mol. The van der Waals surface area contributed by atoms with Gasteiger partial charge in [-0.3, -0.25) is 0 Å². The van der Waals surface area contributed by atoms with E-state index in [1.807, 2.05) is 38.1 Å². The summed E-state index contributed by atoms with van der Waals surface area (Å²) < 4.78 is 5.78. The first-order valence-electron chi connectivity index (χ1n) is 5.26. The number of hydrogen-bond donors (Lipinski definition) is 0. The second-order valence-electron chi connectivity index (χ2n) is 3.92. The Morgan fingerprint density at radius 2 is 1.53 bits per heavy atom. The fourth-order valence-electron chi connectivity index (χ4n) is 1.49. The van der Waals surface area contributed by atoms with Crippen LogP contribution < -0.4 is 4.74 Å². The Balaban J connectivity index is 2.30. The summed E-state index contributed by atoms with van der Waals surface area (Å²) in [6.07, 6.45) is 0. The van der Waals surface area contributed by atoms with Gasteiger partial charge in [-0.25, -0.2) is 0 Å². The van der Waals surface area contributed by atoms with Gasteiger partial charge in [0.1, 0.15) is 11.5 Å². The summed E-state index contributed by atoms with van der Waals surface area (Å²) in [5, 5.41) is 1.45. The van der Waals surface area contributed by atoms with Crippen molar-refractivity contribution in [2.45, 2.75) is 13.8 Å². The molecule has 0 aliphatic rings. The van der Waals surface area contributed by atoms with Crippen LogP contribution in [0.5, 0.6) is 11.5 Å². The summed E-state index contributed by atoms with van der Waals surface area (Å²) in [5.41, 5.74) is 2.01. The highest BCUT2D eigenvalue weighted by molar-refractivity contribution is 6.31. The zero-order valence-electron chi connectivity index (χ0n) is 9.63. The number of benzene rings is 2. The van der Waals surface area contributed by atoms with E-state index in [-0.39, 0.29) is 0 Å². The lowest BCUT2D eigenvalue weighted by molar-refractivity contribution is 0.478. The second-order valence-corrected chi connectivity index (χ2v) is 4.77. The summed E-state index contributed by atoms with van der Waals surface area (Å²) in [6.45, 7) is 3.92. The molecule has 2 aromatic carbocycles. The Kier molecular flexibility index (Phi) is 3.60. The van der Waals surface area contributed by atoms with E-state index in [0.717, 1.165) is 27.6 Å². The third-order valence-corrected chi connectivity index (χ3v) is 3.16. The number of rotatable bonds is 2. The lowest BCUT2D eigenvalue weighted by atomic mass is 10.1. The summed E-state index contributed by atoms with van der Waals surface area (Å²) in [4.78, 5) is 0. The predicted molar refractivity (Wildman–Crippen MR) is 72.5 cm³/mol. The number of ether oxygens (including phenoxy) is 1. The van der Waals surface area contributed by atoms with Crippen molar-refractivity contribution in [1.82, 2.24) is 0 Å². The summed E-state index contributed by atoms with van der Waals surface area (Å²) in [5.74, 6) is 1.58. The minimum atomic E-state index is 0.696. The molecule has 0 amide bonds. The summed E-state index contributed by atoms with van der Waals surface area (Å²) in [6, 6.07) is 11.1. The zero-order valence-corrected chi connectivity index (χ0v) is 11.1. The van der Waals surface area contributed by atoms with Gasteiger partial charge in [-0.2, -0.15) is 0 Å². The van der Waals surface area contributed by atoms with Crippen LogP contribution in [0.25, 0.3) is 0 Å². The summed E-state index contributed by atoms with van der Waals surface area (Å²) >= 11 is 11.9. The molecule has 0 saturated heterocycles. The highest BCUT2D eigenvalue weighted by Gasteiger charge is 2.05. The first kappa shape index (κ1) is 12.3. The quantitative estimate of drug-likeness (QED) is 0.707. The smallest absolute Gasteiger partial charge is 0.130 e. The fraction of sp³-hybridized carbons (Fsp3) is 0.143. The predicted octanol–water partition coefficient (Wildman–Crippen LogP) is 5.40. The minimum absolute atomic E-state index is 0.696. The number of halogens is 2. The molecule has 0 unspecified atom stereocenters. The van der Waals surface area contributed by atoms with Gasteiger partial charge in [0.05, 0.1) is 0 Å². The van der Waals surface area contributed by atoms with Gasteiger partial charge >= 0.3 is 0 Å². The van der Waals surface area contributed by atoms with Gasteiger partial charge in [0.25, 0.3) is 0 Å². The van der Waals surface area contributed by atoms with Crippen molar-refractivity contribution in [3.63, 3.8) is 0 Å². The van der Waals surface area contributed by atoms with Crippen molar-refractivity contribution >= 4 is 23.2 Å². The van der Waals surface area contributed by atoms with Gasteiger partial charge in [-0.05, 0) is 61.4 Å². The van der Waals surface area contributed by atoms with E-state index < -0.39 is 0 Å². The van der Waals surface area contributed by atoms with Crippen LogP contribution in [0.2, 0.25) is 10.0 Å². The van der Waals surface area contributed by atoms with Gasteiger partial charge in [0, 0.05) is 10.0 Å². The highest BCUT2D eigenvalue weighted by atomic mass is 35.5. The van der Waals surface area contributed by atoms with Crippen molar-refractivity contribution in [1.29, 1.82) is 0 Å². The Hall–Kier alpha value is -1.18. The van der Waals surface area contributed by atoms with E-state index in [2.05, 4.69) is 0 Å². The van der Waals surface area contributed by atoms with Gasteiger partial charge < -0.3 is 4.74 Å². The van der Waals surface area contributed by atoms with Crippen molar-refractivity contribution in [2.24, 2.45) is 0 Å². The molecule has 88 valence electrons. The molecule has 0 bridgehead atoms. The molecule has 0 saturated carbocycles. The molecule has 0 fully saturated rings. The molecule has 0 radical (unpaired) electrons. The molecule has 1 nitrogen and oxygen atoms in total. The van der Waals surface area contributed by atoms with Crippen LogP contribution in [0.15, 0.2) is 36.4 Å². The molecule has 2 aromatic rings. The van der Waals surface area contributed by atoms with E-state index in [0.29, 0.717) is 5.02 Å². The van der Waals surface area contributed by atoms with Crippen LogP contribution in [0.4, 0.5) is 0 Å². The van der Waals surface area contributed by atoms with Crippen LogP contribution in [0, 0.1) is 13.8 Å². The highest BCUT2D eigenvalue weighted by Crippen LogP contribution is 2.30. The van der Waals surface area contributed by atoms with Gasteiger partial charge in [-0.1, -0.05) is 23.2 Å². The largest absolute Gasteiger partial charge is 0.457 e. The minimum Gasteiger partial charge on any atom is -0.457 e. The third-order valence-electron chi connectivity index (χ3n) is 2.50. The maximum absolute atomic E-state index is 6.04.